The number of aryl methyl sites for hydroxylation is 2. The molecule has 0 aliphatic carbocycles. The molecule has 2 N–H and O–H groups in total. The molecule has 2 amide bonds. The molecular formula is C29H24N4O4S. The smallest absolute Gasteiger partial charge is 0.266 e. The number of thiophene rings is 1. The zero-order valence-electron chi connectivity index (χ0n) is 20.7. The molecule has 0 radical (unpaired) electrons. The third-order valence-corrected chi connectivity index (χ3v) is 7.15. The minimum absolute atomic E-state index is 0.218. The molecular weight excluding hydrogens is 500 g/mol. The van der Waals surface area contributed by atoms with Crippen LogP contribution in [0.3, 0.4) is 0 Å². The van der Waals surface area contributed by atoms with Crippen LogP contribution in [0.5, 0.6) is 11.5 Å². The summed E-state index contributed by atoms with van der Waals surface area (Å²) in [5.41, 5.74) is 2.37. The monoisotopic (exact) mass is 524 g/mol. The van der Waals surface area contributed by atoms with E-state index in [0.717, 1.165) is 16.9 Å². The Kier molecular flexibility index (Phi) is 7.01. The van der Waals surface area contributed by atoms with Gasteiger partial charge in [-0.25, -0.2) is 4.98 Å². The molecule has 0 saturated heterocycles. The Morgan fingerprint density at radius 1 is 0.895 bits per heavy atom. The fourth-order valence-electron chi connectivity index (χ4n) is 3.97. The number of benzene rings is 3. The lowest BCUT2D eigenvalue weighted by Crippen LogP contribution is -2.27. The number of anilines is 2. The van der Waals surface area contributed by atoms with E-state index in [4.69, 9.17) is 4.74 Å². The number of nitrogens with zero attached hydrogens (tertiary/aromatic N) is 2. The van der Waals surface area contributed by atoms with Gasteiger partial charge in [-0.05, 0) is 67.4 Å². The highest BCUT2D eigenvalue weighted by molar-refractivity contribution is 7.20. The molecule has 190 valence electrons. The lowest BCUT2D eigenvalue weighted by atomic mass is 10.2. The van der Waals surface area contributed by atoms with Gasteiger partial charge in [-0.1, -0.05) is 36.4 Å². The molecule has 0 bridgehead atoms. The third-order valence-electron chi connectivity index (χ3n) is 5.95. The summed E-state index contributed by atoms with van der Waals surface area (Å²) in [6.45, 7) is 3.41. The molecule has 8 nitrogen and oxygen atoms in total. The van der Waals surface area contributed by atoms with Crippen LogP contribution in [0, 0.1) is 13.8 Å². The number of amides is 2. The maximum Gasteiger partial charge on any atom is 0.266 e. The standard InChI is InChI=1S/C29H24N4O4S/c1-18-8-6-7-11-23(18)32-27(35)26-19(2)25-28(38-26)30-17-33(29(25)36)16-24(34)31-20-12-14-22(15-13-20)37-21-9-4-3-5-10-21/h3-15,17H,16H2,1-2H3,(H,31,34)(H,32,35). The second-order valence-electron chi connectivity index (χ2n) is 8.67. The molecule has 0 atom stereocenters. The molecule has 38 heavy (non-hydrogen) atoms. The molecule has 9 heteroatoms. The molecule has 2 heterocycles. The van der Waals surface area contributed by atoms with E-state index in [1.54, 1.807) is 31.2 Å². The van der Waals surface area contributed by atoms with Crippen LogP contribution in [0.4, 0.5) is 11.4 Å². The number of carbonyl (C=O) groups is 2. The highest BCUT2D eigenvalue weighted by Gasteiger charge is 2.20. The number of aromatic nitrogens is 2. The molecule has 0 fully saturated rings. The van der Waals surface area contributed by atoms with E-state index in [-0.39, 0.29) is 23.9 Å². The second-order valence-corrected chi connectivity index (χ2v) is 9.67. The van der Waals surface area contributed by atoms with Crippen LogP contribution in [-0.2, 0) is 11.3 Å². The minimum Gasteiger partial charge on any atom is -0.457 e. The van der Waals surface area contributed by atoms with Crippen molar-refractivity contribution in [2.75, 3.05) is 10.6 Å². The zero-order valence-corrected chi connectivity index (χ0v) is 21.5. The van der Waals surface area contributed by atoms with Crippen molar-refractivity contribution < 1.29 is 14.3 Å². The molecule has 0 unspecified atom stereocenters. The number of nitrogens with one attached hydrogen (secondary N) is 2. The summed E-state index contributed by atoms with van der Waals surface area (Å²) < 4.78 is 7.01. The molecule has 0 aliphatic heterocycles. The van der Waals surface area contributed by atoms with Gasteiger partial charge in [-0.3, -0.25) is 19.0 Å². The molecule has 5 rings (SSSR count). The Hall–Kier alpha value is -4.76. The van der Waals surface area contributed by atoms with Gasteiger partial charge in [0, 0.05) is 11.4 Å². The predicted molar refractivity (Wildman–Crippen MR) is 149 cm³/mol. The van der Waals surface area contributed by atoms with Crippen molar-refractivity contribution in [2.45, 2.75) is 20.4 Å². The van der Waals surface area contributed by atoms with Crippen molar-refractivity contribution in [2.24, 2.45) is 0 Å². The third kappa shape index (κ3) is 5.33. The Morgan fingerprint density at radius 3 is 2.32 bits per heavy atom. The van der Waals surface area contributed by atoms with Crippen LogP contribution in [-0.4, -0.2) is 21.4 Å². The van der Waals surface area contributed by atoms with Gasteiger partial charge < -0.3 is 15.4 Å². The topological polar surface area (TPSA) is 102 Å². The van der Waals surface area contributed by atoms with Crippen LogP contribution in [0.25, 0.3) is 10.2 Å². The quantitative estimate of drug-likeness (QED) is 0.282. The molecule has 0 aliphatic rings. The number of ether oxygens (including phenoxy) is 1. The summed E-state index contributed by atoms with van der Waals surface area (Å²) in [4.78, 5) is 44.1. The lowest BCUT2D eigenvalue weighted by Gasteiger charge is -2.09. The highest BCUT2D eigenvalue weighted by Crippen LogP contribution is 2.28. The number of hydrogen-bond donors (Lipinski definition) is 2. The van der Waals surface area contributed by atoms with Crippen molar-refractivity contribution in [1.29, 1.82) is 0 Å². The fourth-order valence-corrected chi connectivity index (χ4v) is 5.00. The lowest BCUT2D eigenvalue weighted by molar-refractivity contribution is -0.116. The number of rotatable bonds is 7. The van der Waals surface area contributed by atoms with Gasteiger partial charge in [-0.15, -0.1) is 11.3 Å². The first-order valence-corrected chi connectivity index (χ1v) is 12.7. The summed E-state index contributed by atoms with van der Waals surface area (Å²) in [5, 5.41) is 6.02. The van der Waals surface area contributed by atoms with E-state index in [9.17, 15) is 14.4 Å². The van der Waals surface area contributed by atoms with E-state index in [1.807, 2.05) is 61.5 Å². The Labute approximate surface area is 222 Å². The summed E-state index contributed by atoms with van der Waals surface area (Å²) in [6.07, 6.45) is 1.33. The van der Waals surface area contributed by atoms with Gasteiger partial charge in [0.05, 0.1) is 16.6 Å². The van der Waals surface area contributed by atoms with Gasteiger partial charge in [0.15, 0.2) is 0 Å². The van der Waals surface area contributed by atoms with Crippen LogP contribution >= 0.6 is 11.3 Å². The molecule has 2 aromatic heterocycles. The summed E-state index contributed by atoms with van der Waals surface area (Å²) >= 11 is 1.15. The fraction of sp³-hybridized carbons (Fsp3) is 0.103. The maximum absolute atomic E-state index is 13.2. The van der Waals surface area contributed by atoms with Crippen molar-refractivity contribution >= 4 is 44.7 Å². The number of fused-ring (bicyclic) bond motifs is 1. The SMILES string of the molecule is Cc1ccccc1NC(=O)c1sc2ncn(CC(=O)Nc3ccc(Oc4ccccc4)cc3)c(=O)c2c1C. The van der Waals surface area contributed by atoms with E-state index >= 15 is 0 Å². The van der Waals surface area contributed by atoms with Gasteiger partial charge in [-0.2, -0.15) is 0 Å². The van der Waals surface area contributed by atoms with Crippen molar-refractivity contribution in [1.82, 2.24) is 9.55 Å². The predicted octanol–water partition coefficient (Wildman–Crippen LogP) is 5.76. The van der Waals surface area contributed by atoms with Crippen LogP contribution in [0.2, 0.25) is 0 Å². The van der Waals surface area contributed by atoms with E-state index < -0.39 is 0 Å². The van der Waals surface area contributed by atoms with E-state index in [0.29, 0.717) is 43.5 Å². The average Bonchev–Trinajstić information content (AvgIpc) is 3.26. The van der Waals surface area contributed by atoms with Crippen molar-refractivity contribution in [3.63, 3.8) is 0 Å². The van der Waals surface area contributed by atoms with Crippen LogP contribution < -0.4 is 20.9 Å². The second kappa shape index (κ2) is 10.7. The zero-order chi connectivity index (χ0) is 26.6. The number of carbonyl (C=O) groups excluding carboxylic acids is 2. The first-order chi connectivity index (χ1) is 18.4. The average molecular weight is 525 g/mol. The van der Waals surface area contributed by atoms with Gasteiger partial charge in [0.2, 0.25) is 5.91 Å². The Bertz CT molecular complexity index is 1690. The molecule has 0 saturated carbocycles. The minimum atomic E-state index is -0.379. The number of para-hydroxylation sites is 2. The Balaban J connectivity index is 1.29. The summed E-state index contributed by atoms with van der Waals surface area (Å²) in [6, 6.07) is 23.8. The normalized spacial score (nSPS) is 10.8. The Morgan fingerprint density at radius 2 is 1.58 bits per heavy atom. The summed E-state index contributed by atoms with van der Waals surface area (Å²) in [7, 11) is 0. The van der Waals surface area contributed by atoms with Gasteiger partial charge in [0.1, 0.15) is 22.9 Å². The molecule has 3 aromatic carbocycles. The largest absolute Gasteiger partial charge is 0.457 e. The number of hydrogen-bond acceptors (Lipinski definition) is 6. The van der Waals surface area contributed by atoms with Crippen molar-refractivity contribution in [3.05, 3.63) is 112 Å². The van der Waals surface area contributed by atoms with Crippen LogP contribution in [0.15, 0.2) is 90.0 Å². The molecule has 0 spiro atoms. The first kappa shape index (κ1) is 24.9. The van der Waals surface area contributed by atoms with Crippen LogP contribution in [0.1, 0.15) is 20.8 Å². The highest BCUT2D eigenvalue weighted by atomic mass is 32.1. The van der Waals surface area contributed by atoms with E-state index in [1.165, 1.54) is 10.9 Å². The summed E-state index contributed by atoms with van der Waals surface area (Å²) in [5.74, 6) is 0.667. The van der Waals surface area contributed by atoms with Crippen molar-refractivity contribution in [3.8, 4) is 11.5 Å². The first-order valence-electron chi connectivity index (χ1n) is 11.9. The van der Waals surface area contributed by atoms with Gasteiger partial charge in [0.25, 0.3) is 11.5 Å². The van der Waals surface area contributed by atoms with Gasteiger partial charge >= 0.3 is 0 Å². The maximum atomic E-state index is 13.2. The molecule has 5 aromatic rings. The van der Waals surface area contributed by atoms with E-state index in [2.05, 4.69) is 15.6 Å².